The Morgan fingerprint density at radius 2 is 1.53 bits per heavy atom. The van der Waals surface area contributed by atoms with Crippen molar-refractivity contribution in [3.8, 4) is 0 Å². The average molecular weight is 412 g/mol. The van der Waals surface area contributed by atoms with Crippen LogP contribution >= 0.6 is 0 Å². The van der Waals surface area contributed by atoms with Gasteiger partial charge in [-0.1, -0.05) is 67.9 Å². The summed E-state index contributed by atoms with van der Waals surface area (Å²) in [5, 5.41) is 7.09. The van der Waals surface area contributed by atoms with E-state index in [0.29, 0.717) is 5.56 Å². The highest BCUT2D eigenvalue weighted by Gasteiger charge is 2.27. The van der Waals surface area contributed by atoms with Crippen molar-refractivity contribution < 1.29 is 19.2 Å². The molecule has 3 rings (SSSR count). The topological polar surface area (TPSA) is 104 Å². The number of benzene rings is 2. The fourth-order valence-electron chi connectivity index (χ4n) is 2.46. The van der Waals surface area contributed by atoms with Crippen LogP contribution < -0.4 is 16.0 Å². The predicted octanol–water partition coefficient (Wildman–Crippen LogP) is 2.36. The standard InChI is InChI=1S/C14H15N3O4.C7H8.C2H6/c18-11-7-6-10(14(21)17-11)16-12(19)8-15-13(20)9-4-2-1-3-5-9;1-7-5-3-2-4-6-7;1-2/h1-5,10H,6-8H2,(H,15,20)(H,16,19)(H,17,18,21);2-6H,1H3;1-2H3. The molecular formula is C23H29N3O4. The molecule has 1 atom stereocenters. The van der Waals surface area contributed by atoms with Crippen LogP contribution in [0.2, 0.25) is 0 Å². The summed E-state index contributed by atoms with van der Waals surface area (Å²) in [7, 11) is 0. The number of carbonyl (C=O) groups is 4. The second kappa shape index (κ2) is 13.7. The van der Waals surface area contributed by atoms with Gasteiger partial charge < -0.3 is 10.6 Å². The van der Waals surface area contributed by atoms with Crippen LogP contribution in [0.1, 0.15) is 42.6 Å². The molecule has 1 aliphatic heterocycles. The van der Waals surface area contributed by atoms with E-state index in [9.17, 15) is 19.2 Å². The number of nitrogens with one attached hydrogen (secondary N) is 3. The first kappa shape index (κ1) is 24.6. The van der Waals surface area contributed by atoms with E-state index in [1.165, 1.54) is 5.56 Å². The summed E-state index contributed by atoms with van der Waals surface area (Å²) >= 11 is 0. The molecule has 0 spiro atoms. The highest BCUT2D eigenvalue weighted by Crippen LogP contribution is 2.04. The number of hydrogen-bond acceptors (Lipinski definition) is 4. The highest BCUT2D eigenvalue weighted by atomic mass is 16.2. The number of carbonyl (C=O) groups excluding carboxylic acids is 4. The largest absolute Gasteiger partial charge is 0.343 e. The lowest BCUT2D eigenvalue weighted by atomic mass is 10.1. The molecule has 2 aromatic rings. The van der Waals surface area contributed by atoms with Crippen molar-refractivity contribution >= 4 is 23.6 Å². The van der Waals surface area contributed by atoms with Gasteiger partial charge in [-0.2, -0.15) is 0 Å². The molecule has 4 amide bonds. The number of hydrogen-bond donors (Lipinski definition) is 3. The monoisotopic (exact) mass is 411 g/mol. The minimum absolute atomic E-state index is 0.188. The summed E-state index contributed by atoms with van der Waals surface area (Å²) in [6.45, 7) is 5.85. The Bertz CT molecular complexity index is 823. The van der Waals surface area contributed by atoms with Crippen LogP contribution in [0.15, 0.2) is 60.7 Å². The lowest BCUT2D eigenvalue weighted by Gasteiger charge is -2.21. The van der Waals surface area contributed by atoms with Gasteiger partial charge in [0.25, 0.3) is 5.91 Å². The third-order valence-electron chi connectivity index (χ3n) is 3.96. The summed E-state index contributed by atoms with van der Waals surface area (Å²) in [6, 6.07) is 18.0. The molecule has 0 aromatic heterocycles. The van der Waals surface area contributed by atoms with Gasteiger partial charge in [-0.05, 0) is 25.5 Å². The zero-order valence-electron chi connectivity index (χ0n) is 17.6. The fraction of sp³-hybridized carbons (Fsp3) is 0.304. The lowest BCUT2D eigenvalue weighted by molar-refractivity contribution is -0.137. The Kier molecular flexibility index (Phi) is 11.2. The van der Waals surface area contributed by atoms with E-state index in [2.05, 4.69) is 35.0 Å². The van der Waals surface area contributed by atoms with E-state index < -0.39 is 17.9 Å². The number of imide groups is 1. The van der Waals surface area contributed by atoms with Crippen molar-refractivity contribution in [2.45, 2.75) is 39.7 Å². The summed E-state index contributed by atoms with van der Waals surface area (Å²) < 4.78 is 0. The van der Waals surface area contributed by atoms with Crippen molar-refractivity contribution in [1.82, 2.24) is 16.0 Å². The molecule has 7 heteroatoms. The molecule has 1 heterocycles. The second-order valence-corrected chi connectivity index (χ2v) is 6.27. The SMILES string of the molecule is CC.Cc1ccccc1.O=C1CCC(NC(=O)CNC(=O)c2ccccc2)C(=O)N1. The molecule has 0 aliphatic carbocycles. The maximum atomic E-state index is 11.7. The highest BCUT2D eigenvalue weighted by molar-refractivity contribution is 6.02. The molecule has 1 unspecified atom stereocenters. The molecule has 3 N–H and O–H groups in total. The molecule has 30 heavy (non-hydrogen) atoms. The van der Waals surface area contributed by atoms with Crippen molar-refractivity contribution in [2.75, 3.05) is 6.54 Å². The van der Waals surface area contributed by atoms with Crippen molar-refractivity contribution in [3.63, 3.8) is 0 Å². The first-order valence-corrected chi connectivity index (χ1v) is 9.93. The molecule has 1 fully saturated rings. The Balaban J connectivity index is 0.000000418. The van der Waals surface area contributed by atoms with Crippen LogP contribution in [-0.2, 0) is 14.4 Å². The van der Waals surface area contributed by atoms with Crippen LogP contribution in [-0.4, -0.2) is 36.2 Å². The van der Waals surface area contributed by atoms with Crippen molar-refractivity contribution in [3.05, 3.63) is 71.8 Å². The van der Waals surface area contributed by atoms with Gasteiger partial charge in [0, 0.05) is 12.0 Å². The first-order valence-electron chi connectivity index (χ1n) is 9.93. The van der Waals surface area contributed by atoms with Gasteiger partial charge in [-0.3, -0.25) is 24.5 Å². The summed E-state index contributed by atoms with van der Waals surface area (Å²) in [5.41, 5.74) is 1.77. The van der Waals surface area contributed by atoms with Crippen LogP contribution in [0, 0.1) is 6.92 Å². The quantitative estimate of drug-likeness (QED) is 0.672. The average Bonchev–Trinajstić information content (AvgIpc) is 2.77. The zero-order chi connectivity index (χ0) is 22.4. The van der Waals surface area contributed by atoms with E-state index in [-0.39, 0.29) is 31.2 Å². The molecule has 0 bridgehead atoms. The van der Waals surface area contributed by atoms with Crippen molar-refractivity contribution in [2.24, 2.45) is 0 Å². The molecule has 0 saturated carbocycles. The summed E-state index contributed by atoms with van der Waals surface area (Å²) in [5.74, 6) is -1.71. The predicted molar refractivity (Wildman–Crippen MR) is 116 cm³/mol. The van der Waals surface area contributed by atoms with Gasteiger partial charge in [0.15, 0.2) is 0 Å². The Morgan fingerprint density at radius 3 is 2.03 bits per heavy atom. The number of amides is 4. The third-order valence-corrected chi connectivity index (χ3v) is 3.96. The minimum Gasteiger partial charge on any atom is -0.343 e. The van der Waals surface area contributed by atoms with Gasteiger partial charge in [0.2, 0.25) is 17.7 Å². The van der Waals surface area contributed by atoms with Gasteiger partial charge in [-0.25, -0.2) is 0 Å². The third kappa shape index (κ3) is 9.14. The molecular weight excluding hydrogens is 382 g/mol. The first-order chi connectivity index (χ1) is 14.5. The summed E-state index contributed by atoms with van der Waals surface area (Å²) in [6.07, 6.45) is 0.454. The van der Waals surface area contributed by atoms with E-state index in [4.69, 9.17) is 0 Å². The molecule has 1 saturated heterocycles. The van der Waals surface area contributed by atoms with Crippen molar-refractivity contribution in [1.29, 1.82) is 0 Å². The molecule has 160 valence electrons. The molecule has 7 nitrogen and oxygen atoms in total. The van der Waals surface area contributed by atoms with E-state index >= 15 is 0 Å². The normalized spacial score (nSPS) is 14.7. The van der Waals surface area contributed by atoms with Crippen LogP contribution in [0.3, 0.4) is 0 Å². The maximum absolute atomic E-state index is 11.7. The van der Waals surface area contributed by atoms with Crippen LogP contribution in [0.25, 0.3) is 0 Å². The smallest absolute Gasteiger partial charge is 0.251 e. The Hall–Kier alpha value is -3.48. The summed E-state index contributed by atoms with van der Waals surface area (Å²) in [4.78, 5) is 45.9. The Labute approximate surface area is 177 Å². The molecule has 1 aliphatic rings. The van der Waals surface area contributed by atoms with Gasteiger partial charge >= 0.3 is 0 Å². The van der Waals surface area contributed by atoms with Gasteiger partial charge in [0.1, 0.15) is 6.04 Å². The number of aryl methyl sites for hydroxylation is 1. The van der Waals surface area contributed by atoms with E-state index in [1.54, 1.807) is 30.3 Å². The number of piperidine rings is 1. The molecule has 0 radical (unpaired) electrons. The van der Waals surface area contributed by atoms with Gasteiger partial charge in [-0.15, -0.1) is 0 Å². The molecule has 2 aromatic carbocycles. The second-order valence-electron chi connectivity index (χ2n) is 6.27. The Morgan fingerprint density at radius 1 is 0.967 bits per heavy atom. The lowest BCUT2D eigenvalue weighted by Crippen LogP contribution is -2.53. The van der Waals surface area contributed by atoms with Crippen LogP contribution in [0.4, 0.5) is 0 Å². The zero-order valence-corrected chi connectivity index (χ0v) is 17.6. The van der Waals surface area contributed by atoms with Gasteiger partial charge in [0.05, 0.1) is 6.54 Å². The number of rotatable bonds is 4. The van der Waals surface area contributed by atoms with Crippen LogP contribution in [0.5, 0.6) is 0 Å². The van der Waals surface area contributed by atoms with E-state index in [0.717, 1.165) is 0 Å². The fourth-order valence-corrected chi connectivity index (χ4v) is 2.46. The minimum atomic E-state index is -0.733. The van der Waals surface area contributed by atoms with E-state index in [1.807, 2.05) is 32.0 Å². The maximum Gasteiger partial charge on any atom is 0.251 e.